The van der Waals surface area contributed by atoms with E-state index in [0.717, 1.165) is 16.7 Å². The van der Waals surface area contributed by atoms with Gasteiger partial charge < -0.3 is 0 Å². The molecule has 0 aromatic heterocycles. The second-order valence-corrected chi connectivity index (χ2v) is 2.32. The number of thiocyanates is 1. The minimum Gasteiger partial charge on any atom is -0.264 e. The van der Waals surface area contributed by atoms with Gasteiger partial charge in [-0.05, 0) is 17.8 Å². The molecular formula is C8H8N2S. The van der Waals surface area contributed by atoms with Gasteiger partial charge in [0.1, 0.15) is 5.40 Å². The van der Waals surface area contributed by atoms with E-state index in [1.54, 1.807) is 18.4 Å². The molecule has 2 nitrogen and oxygen atoms in total. The van der Waals surface area contributed by atoms with Crippen LogP contribution in [0.4, 0.5) is 0 Å². The van der Waals surface area contributed by atoms with E-state index in [1.165, 1.54) is 6.20 Å². The smallest absolute Gasteiger partial charge is 0.138 e. The highest BCUT2D eigenvalue weighted by Crippen LogP contribution is 2.10. The third-order valence-corrected chi connectivity index (χ3v) is 1.32. The number of hydrogen-bond donors (Lipinski definition) is 0. The lowest BCUT2D eigenvalue weighted by Gasteiger charge is -1.87. The Morgan fingerprint density at radius 1 is 1.55 bits per heavy atom. The van der Waals surface area contributed by atoms with Crippen LogP contribution in [0.1, 0.15) is 0 Å². The van der Waals surface area contributed by atoms with Gasteiger partial charge in [-0.1, -0.05) is 19.2 Å². The number of aliphatic imine (C=N–C) groups is 1. The van der Waals surface area contributed by atoms with E-state index in [0.29, 0.717) is 0 Å². The number of nitrogens with zero attached hydrogens (tertiary/aromatic N) is 2. The number of allylic oxidation sites excluding steroid dienone is 3. The quantitative estimate of drug-likeness (QED) is 0.363. The molecule has 11 heavy (non-hydrogen) atoms. The van der Waals surface area contributed by atoms with Crippen LogP contribution in [0.15, 0.2) is 41.4 Å². The zero-order chi connectivity index (χ0) is 8.53. The van der Waals surface area contributed by atoms with Gasteiger partial charge in [-0.15, -0.1) is 0 Å². The normalized spacial score (nSPS) is 11.0. The molecule has 56 valence electrons. The van der Waals surface area contributed by atoms with Crippen molar-refractivity contribution in [3.63, 3.8) is 0 Å². The van der Waals surface area contributed by atoms with E-state index < -0.39 is 0 Å². The lowest BCUT2D eigenvalue weighted by atomic mass is 10.5. The molecule has 0 saturated heterocycles. The summed E-state index contributed by atoms with van der Waals surface area (Å²) in [6, 6.07) is 0. The van der Waals surface area contributed by atoms with Crippen molar-refractivity contribution in [2.45, 2.75) is 0 Å². The average molecular weight is 164 g/mol. The highest BCUT2D eigenvalue weighted by molar-refractivity contribution is 8.08. The molecule has 0 atom stereocenters. The lowest BCUT2D eigenvalue weighted by molar-refractivity contribution is 1.57. The third-order valence-electron chi connectivity index (χ3n) is 0.753. The Morgan fingerprint density at radius 3 is 2.73 bits per heavy atom. The molecule has 0 rings (SSSR count). The number of hydrogen-bond acceptors (Lipinski definition) is 3. The summed E-state index contributed by atoms with van der Waals surface area (Å²) in [6.45, 7) is 6.91. The van der Waals surface area contributed by atoms with Gasteiger partial charge in [0, 0.05) is 17.3 Å². The predicted octanol–water partition coefficient (Wildman–Crippen LogP) is 2.48. The summed E-state index contributed by atoms with van der Waals surface area (Å²) < 4.78 is 0. The molecule has 0 amide bonds. The molecule has 3 heteroatoms. The first kappa shape index (κ1) is 9.73. The average Bonchev–Trinajstić information content (AvgIpc) is 2.01. The van der Waals surface area contributed by atoms with Crippen LogP contribution in [0, 0.1) is 10.7 Å². The van der Waals surface area contributed by atoms with Crippen molar-refractivity contribution < 1.29 is 0 Å². The Bertz CT molecular complexity index is 233. The molecule has 0 saturated carbocycles. The molecule has 0 fully saturated rings. The maximum atomic E-state index is 8.31. The second kappa shape index (κ2) is 6.84. The maximum absolute atomic E-state index is 8.31. The van der Waals surface area contributed by atoms with Crippen LogP contribution >= 0.6 is 11.8 Å². The fraction of sp³-hybridized carbons (Fsp3) is 0. The van der Waals surface area contributed by atoms with Crippen LogP contribution in [0.25, 0.3) is 0 Å². The van der Waals surface area contributed by atoms with E-state index in [4.69, 9.17) is 5.26 Å². The van der Waals surface area contributed by atoms with Crippen LogP contribution in [-0.2, 0) is 0 Å². The standard InChI is InChI=1S/C8H8N2S/c1-3-5-8(11-7-9)6-10-4-2/h3-6H,1-2H2/b8-5+,10-6-. The van der Waals surface area contributed by atoms with E-state index in [2.05, 4.69) is 18.2 Å². The molecule has 0 N–H and O–H groups in total. The van der Waals surface area contributed by atoms with Crippen molar-refractivity contribution in [2.75, 3.05) is 0 Å². The largest absolute Gasteiger partial charge is 0.264 e. The Hall–Kier alpha value is -1.27. The molecule has 0 aromatic carbocycles. The van der Waals surface area contributed by atoms with Crippen LogP contribution in [-0.4, -0.2) is 6.21 Å². The fourth-order valence-electron chi connectivity index (χ4n) is 0.398. The first-order valence-electron chi connectivity index (χ1n) is 2.88. The van der Waals surface area contributed by atoms with E-state index >= 15 is 0 Å². The molecule has 0 aliphatic rings. The summed E-state index contributed by atoms with van der Waals surface area (Å²) in [7, 11) is 0. The topological polar surface area (TPSA) is 36.1 Å². The Morgan fingerprint density at radius 2 is 2.27 bits per heavy atom. The van der Waals surface area contributed by atoms with Crippen molar-refractivity contribution >= 4 is 18.0 Å². The van der Waals surface area contributed by atoms with Crippen molar-refractivity contribution in [3.05, 3.63) is 36.4 Å². The summed E-state index contributed by atoms with van der Waals surface area (Å²) in [4.78, 5) is 4.51. The SMILES string of the molecule is C=C/C=C(\C=N/C=C)SC#N. The summed E-state index contributed by atoms with van der Waals surface area (Å²) in [6.07, 6.45) is 6.28. The first-order chi connectivity index (χ1) is 5.35. The molecule has 0 aromatic rings. The third kappa shape index (κ3) is 5.19. The van der Waals surface area contributed by atoms with E-state index in [9.17, 15) is 0 Å². The summed E-state index contributed by atoms with van der Waals surface area (Å²) in [5.74, 6) is 0. The molecule has 0 unspecified atom stereocenters. The minimum atomic E-state index is 0.752. The summed E-state index contributed by atoms with van der Waals surface area (Å²) in [5.41, 5.74) is 0. The van der Waals surface area contributed by atoms with E-state index in [-0.39, 0.29) is 0 Å². The van der Waals surface area contributed by atoms with Gasteiger partial charge in [-0.3, -0.25) is 4.99 Å². The first-order valence-corrected chi connectivity index (χ1v) is 3.69. The Kier molecular flexibility index (Phi) is 6.05. The molecule has 0 heterocycles. The van der Waals surface area contributed by atoms with Crippen molar-refractivity contribution in [3.8, 4) is 5.40 Å². The van der Waals surface area contributed by atoms with Crippen molar-refractivity contribution in [1.29, 1.82) is 5.26 Å². The predicted molar refractivity (Wildman–Crippen MR) is 50.2 cm³/mol. The maximum Gasteiger partial charge on any atom is 0.138 e. The Labute approximate surface area is 70.6 Å². The number of rotatable bonds is 4. The van der Waals surface area contributed by atoms with Crippen LogP contribution in [0.5, 0.6) is 0 Å². The van der Waals surface area contributed by atoms with Gasteiger partial charge in [0.05, 0.1) is 0 Å². The second-order valence-electron chi connectivity index (χ2n) is 1.46. The zero-order valence-corrected chi connectivity index (χ0v) is 6.84. The minimum absolute atomic E-state index is 0.752. The van der Waals surface area contributed by atoms with Crippen molar-refractivity contribution in [2.24, 2.45) is 4.99 Å². The molecule has 0 radical (unpaired) electrons. The van der Waals surface area contributed by atoms with Crippen molar-refractivity contribution in [1.82, 2.24) is 0 Å². The highest BCUT2D eigenvalue weighted by atomic mass is 32.2. The summed E-state index contributed by atoms with van der Waals surface area (Å²) >= 11 is 1.04. The molecule has 0 spiro atoms. The van der Waals surface area contributed by atoms with Gasteiger partial charge in [0.15, 0.2) is 0 Å². The molecule has 0 bridgehead atoms. The number of nitriles is 1. The van der Waals surface area contributed by atoms with Gasteiger partial charge in [0.2, 0.25) is 0 Å². The van der Waals surface area contributed by atoms with E-state index in [1.807, 2.05) is 5.40 Å². The monoisotopic (exact) mass is 164 g/mol. The molecule has 0 aliphatic heterocycles. The van der Waals surface area contributed by atoms with Gasteiger partial charge in [0.25, 0.3) is 0 Å². The van der Waals surface area contributed by atoms with Gasteiger partial charge >= 0.3 is 0 Å². The fourth-order valence-corrected chi connectivity index (χ4v) is 0.782. The van der Waals surface area contributed by atoms with Crippen LogP contribution < -0.4 is 0 Å². The Balaban J connectivity index is 4.23. The lowest BCUT2D eigenvalue weighted by Crippen LogP contribution is -1.74. The number of thioether (sulfide) groups is 1. The zero-order valence-electron chi connectivity index (χ0n) is 6.03. The van der Waals surface area contributed by atoms with Crippen LogP contribution in [0.2, 0.25) is 0 Å². The van der Waals surface area contributed by atoms with Gasteiger partial charge in [-0.25, -0.2) is 0 Å². The highest BCUT2D eigenvalue weighted by Gasteiger charge is 1.88. The summed E-state index contributed by atoms with van der Waals surface area (Å²) in [5, 5.41) is 10.2. The molecule has 0 aliphatic carbocycles. The van der Waals surface area contributed by atoms with Crippen LogP contribution in [0.3, 0.4) is 0 Å². The van der Waals surface area contributed by atoms with Gasteiger partial charge in [-0.2, -0.15) is 5.26 Å². The molecular weight excluding hydrogens is 156 g/mol.